The molecule has 1 amide bonds. The first-order valence-electron chi connectivity index (χ1n) is 9.60. The lowest BCUT2D eigenvalue weighted by Gasteiger charge is -2.32. The molecule has 1 aliphatic heterocycles. The number of aromatic nitrogens is 3. The van der Waals surface area contributed by atoms with Crippen molar-refractivity contribution in [3.05, 3.63) is 71.8 Å². The van der Waals surface area contributed by atoms with Crippen molar-refractivity contribution in [1.82, 2.24) is 19.4 Å². The lowest BCUT2D eigenvalue weighted by atomic mass is 10.1. The lowest BCUT2D eigenvalue weighted by molar-refractivity contribution is 0.0515. The van der Waals surface area contributed by atoms with Gasteiger partial charge in [0.15, 0.2) is 0 Å². The van der Waals surface area contributed by atoms with Crippen LogP contribution < -0.4 is 4.74 Å². The first-order valence-corrected chi connectivity index (χ1v) is 9.60. The number of carbonyl (C=O) groups excluding carboxylic acids is 1. The van der Waals surface area contributed by atoms with E-state index >= 15 is 0 Å². The van der Waals surface area contributed by atoms with Crippen LogP contribution in [0, 0.1) is 13.8 Å². The van der Waals surface area contributed by atoms with E-state index in [0.717, 1.165) is 36.5 Å². The summed E-state index contributed by atoms with van der Waals surface area (Å²) in [5, 5.41) is 0. The fourth-order valence-electron chi connectivity index (χ4n) is 3.58. The van der Waals surface area contributed by atoms with Gasteiger partial charge in [-0.15, -0.1) is 0 Å². The van der Waals surface area contributed by atoms with E-state index in [4.69, 9.17) is 4.74 Å². The summed E-state index contributed by atoms with van der Waals surface area (Å²) >= 11 is 0. The smallest absolute Gasteiger partial charge is 0.317 e. The number of carbonyl (C=O) groups is 1. The summed E-state index contributed by atoms with van der Waals surface area (Å²) in [5.74, 6) is 0.0358. The van der Waals surface area contributed by atoms with Crippen LogP contribution >= 0.6 is 0 Å². The Hall–Kier alpha value is -3.15. The van der Waals surface area contributed by atoms with Gasteiger partial charge in [0.25, 0.3) is 5.91 Å². The second-order valence-electron chi connectivity index (χ2n) is 7.20. The van der Waals surface area contributed by atoms with Gasteiger partial charge in [-0.05, 0) is 69.2 Å². The summed E-state index contributed by atoms with van der Waals surface area (Å²) in [6.45, 7) is 5.14. The monoisotopic (exact) mass is 376 g/mol. The minimum atomic E-state index is -0.0851. The predicted molar refractivity (Wildman–Crippen MR) is 107 cm³/mol. The van der Waals surface area contributed by atoms with Crippen LogP contribution in [0.3, 0.4) is 0 Å². The molecule has 0 bridgehead atoms. The van der Waals surface area contributed by atoms with Gasteiger partial charge in [0.2, 0.25) is 0 Å². The molecule has 1 saturated heterocycles. The number of nitrogens with zero attached hydrogens (tertiary/aromatic N) is 4. The van der Waals surface area contributed by atoms with Crippen molar-refractivity contribution >= 4 is 5.91 Å². The molecular weight excluding hydrogens is 352 g/mol. The van der Waals surface area contributed by atoms with Gasteiger partial charge in [0.1, 0.15) is 6.10 Å². The molecule has 0 aliphatic carbocycles. The maximum Gasteiger partial charge on any atom is 0.317 e. The summed E-state index contributed by atoms with van der Waals surface area (Å²) in [5.41, 5.74) is 3.50. The van der Waals surface area contributed by atoms with Crippen molar-refractivity contribution in [2.45, 2.75) is 32.8 Å². The van der Waals surface area contributed by atoms with Crippen LogP contribution in [0.2, 0.25) is 0 Å². The molecule has 3 heterocycles. The van der Waals surface area contributed by atoms with Crippen molar-refractivity contribution in [2.24, 2.45) is 0 Å². The molecule has 0 spiro atoms. The summed E-state index contributed by atoms with van der Waals surface area (Å²) in [6.07, 6.45) is 5.69. The Kier molecular flexibility index (Phi) is 5.10. The summed E-state index contributed by atoms with van der Waals surface area (Å²) in [4.78, 5) is 23.5. The number of likely N-dealkylation sites (tertiary alicyclic amines) is 1. The standard InChI is InChI=1S/C22H24N4O2/c1-16-14-17(2)24-22(23-16)28-20-6-5-13-26(15-20)21(27)18-7-9-19(10-8-18)25-11-3-4-12-25/h3-4,7-12,14,20H,5-6,13,15H2,1-2H3. The summed E-state index contributed by atoms with van der Waals surface area (Å²) in [6, 6.07) is 14.0. The third-order valence-corrected chi connectivity index (χ3v) is 4.92. The van der Waals surface area contributed by atoms with E-state index < -0.39 is 0 Å². The third kappa shape index (κ3) is 4.06. The fraction of sp³-hybridized carbons (Fsp3) is 0.318. The summed E-state index contributed by atoms with van der Waals surface area (Å²) < 4.78 is 8.00. The fourth-order valence-corrected chi connectivity index (χ4v) is 3.58. The highest BCUT2D eigenvalue weighted by molar-refractivity contribution is 5.94. The van der Waals surface area contributed by atoms with Gasteiger partial charge in [-0.25, -0.2) is 9.97 Å². The van der Waals surface area contributed by atoms with E-state index in [9.17, 15) is 4.79 Å². The van der Waals surface area contributed by atoms with E-state index in [0.29, 0.717) is 18.1 Å². The quantitative estimate of drug-likeness (QED) is 0.698. The molecule has 1 fully saturated rings. The predicted octanol–water partition coefficient (Wildman–Crippen LogP) is 3.57. The highest BCUT2D eigenvalue weighted by Gasteiger charge is 2.26. The first-order chi connectivity index (χ1) is 13.6. The molecule has 1 aliphatic rings. The van der Waals surface area contributed by atoms with Crippen LogP contribution in [0.4, 0.5) is 0 Å². The molecule has 3 aromatic rings. The number of benzene rings is 1. The number of piperidine rings is 1. The van der Waals surface area contributed by atoms with Crippen LogP contribution in [-0.2, 0) is 0 Å². The zero-order chi connectivity index (χ0) is 19.5. The van der Waals surface area contributed by atoms with Crippen molar-refractivity contribution in [2.75, 3.05) is 13.1 Å². The number of ether oxygens (including phenoxy) is 1. The second-order valence-corrected chi connectivity index (χ2v) is 7.20. The Morgan fingerprint density at radius 2 is 1.75 bits per heavy atom. The maximum atomic E-state index is 12.9. The van der Waals surface area contributed by atoms with Gasteiger partial charge in [-0.1, -0.05) is 0 Å². The average Bonchev–Trinajstić information content (AvgIpc) is 3.22. The number of rotatable bonds is 4. The number of hydrogen-bond donors (Lipinski definition) is 0. The van der Waals surface area contributed by atoms with Crippen LogP contribution in [0.15, 0.2) is 54.9 Å². The van der Waals surface area contributed by atoms with Crippen LogP contribution in [0.5, 0.6) is 6.01 Å². The minimum Gasteiger partial charge on any atom is -0.458 e. The number of aryl methyl sites for hydroxylation is 2. The van der Waals surface area contributed by atoms with E-state index in [1.54, 1.807) is 0 Å². The minimum absolute atomic E-state index is 0.0358. The van der Waals surface area contributed by atoms with Crippen LogP contribution in [0.1, 0.15) is 34.6 Å². The van der Waals surface area contributed by atoms with E-state index in [2.05, 4.69) is 9.97 Å². The molecule has 0 saturated carbocycles. The van der Waals surface area contributed by atoms with E-state index in [1.807, 2.05) is 78.2 Å². The van der Waals surface area contributed by atoms with Gasteiger partial charge in [-0.2, -0.15) is 0 Å². The molecule has 1 aromatic carbocycles. The largest absolute Gasteiger partial charge is 0.458 e. The lowest BCUT2D eigenvalue weighted by Crippen LogP contribution is -2.44. The molecule has 1 unspecified atom stereocenters. The summed E-state index contributed by atoms with van der Waals surface area (Å²) in [7, 11) is 0. The maximum absolute atomic E-state index is 12.9. The van der Waals surface area contributed by atoms with E-state index in [1.165, 1.54) is 0 Å². The van der Waals surface area contributed by atoms with Gasteiger partial charge >= 0.3 is 6.01 Å². The SMILES string of the molecule is Cc1cc(C)nc(OC2CCCN(C(=O)c3ccc(-n4cccc4)cc3)C2)n1. The van der Waals surface area contributed by atoms with E-state index in [-0.39, 0.29) is 12.0 Å². The molecule has 2 aromatic heterocycles. The molecule has 0 radical (unpaired) electrons. The van der Waals surface area contributed by atoms with Gasteiger partial charge in [0.05, 0.1) is 6.54 Å². The van der Waals surface area contributed by atoms with Crippen molar-refractivity contribution in [1.29, 1.82) is 0 Å². The second kappa shape index (κ2) is 7.84. The zero-order valence-electron chi connectivity index (χ0n) is 16.2. The topological polar surface area (TPSA) is 60.2 Å². The zero-order valence-corrected chi connectivity index (χ0v) is 16.2. The normalized spacial score (nSPS) is 16.8. The van der Waals surface area contributed by atoms with Gasteiger partial charge in [-0.3, -0.25) is 4.79 Å². The Balaban J connectivity index is 1.43. The van der Waals surface area contributed by atoms with Crippen LogP contribution in [-0.4, -0.2) is 44.5 Å². The first kappa shape index (κ1) is 18.2. The molecular formula is C22H24N4O2. The highest BCUT2D eigenvalue weighted by atomic mass is 16.5. The van der Waals surface area contributed by atoms with Gasteiger partial charge in [0, 0.05) is 41.6 Å². The van der Waals surface area contributed by atoms with Crippen molar-refractivity contribution in [3.63, 3.8) is 0 Å². The Labute approximate surface area is 164 Å². The Bertz CT molecular complexity index is 931. The molecule has 4 rings (SSSR count). The average molecular weight is 376 g/mol. The van der Waals surface area contributed by atoms with Crippen LogP contribution in [0.25, 0.3) is 5.69 Å². The molecule has 6 heteroatoms. The molecule has 0 N–H and O–H groups in total. The molecule has 28 heavy (non-hydrogen) atoms. The van der Waals surface area contributed by atoms with Crippen molar-refractivity contribution in [3.8, 4) is 11.7 Å². The Morgan fingerprint density at radius 1 is 1.07 bits per heavy atom. The third-order valence-electron chi connectivity index (χ3n) is 4.92. The number of amides is 1. The molecule has 6 nitrogen and oxygen atoms in total. The highest BCUT2D eigenvalue weighted by Crippen LogP contribution is 2.19. The molecule has 1 atom stereocenters. The Morgan fingerprint density at radius 3 is 2.43 bits per heavy atom. The number of hydrogen-bond acceptors (Lipinski definition) is 4. The van der Waals surface area contributed by atoms with Gasteiger partial charge < -0.3 is 14.2 Å². The molecule has 144 valence electrons. The van der Waals surface area contributed by atoms with Crippen molar-refractivity contribution < 1.29 is 9.53 Å².